The average molecular weight is 347 g/mol. The van der Waals surface area contributed by atoms with Crippen LogP contribution in [0.15, 0.2) is 30.3 Å². The van der Waals surface area contributed by atoms with Crippen LogP contribution in [-0.4, -0.2) is 18.6 Å². The van der Waals surface area contributed by atoms with Gasteiger partial charge in [0, 0.05) is 10.9 Å². The van der Waals surface area contributed by atoms with Gasteiger partial charge in [0.1, 0.15) is 23.7 Å². The number of benzene rings is 2. The van der Waals surface area contributed by atoms with Crippen LogP contribution in [0.5, 0.6) is 5.75 Å². The minimum Gasteiger partial charge on any atom is -0.489 e. The van der Waals surface area contributed by atoms with Gasteiger partial charge in [-0.25, -0.2) is 0 Å². The lowest BCUT2D eigenvalue weighted by atomic mass is 9.87. The van der Waals surface area contributed by atoms with Gasteiger partial charge in [0.2, 0.25) is 0 Å². The summed E-state index contributed by atoms with van der Waals surface area (Å²) in [4.78, 5) is 11.0. The molecule has 0 heterocycles. The van der Waals surface area contributed by atoms with Crippen LogP contribution >= 0.6 is 0 Å². The number of nitrogens with zero attached hydrogens (tertiary/aromatic N) is 1. The van der Waals surface area contributed by atoms with Crippen LogP contribution in [0.2, 0.25) is 0 Å². The molecule has 2 aromatic rings. The number of fused-ring (bicyclic) bond motifs is 1. The molecule has 3 nitrogen and oxygen atoms in total. The topological polar surface area (TPSA) is 50.1 Å². The van der Waals surface area contributed by atoms with E-state index >= 15 is 0 Å². The predicted molar refractivity (Wildman–Crippen MR) is 86.5 cm³/mol. The van der Waals surface area contributed by atoms with Gasteiger partial charge in [-0.15, -0.1) is 0 Å². The minimum atomic E-state index is -4.16. The van der Waals surface area contributed by atoms with E-state index in [1.54, 1.807) is 30.3 Å². The first-order valence-corrected chi connectivity index (χ1v) is 8.08. The molecule has 25 heavy (non-hydrogen) atoms. The normalized spacial score (nSPS) is 20.9. The van der Waals surface area contributed by atoms with E-state index in [9.17, 15) is 23.2 Å². The number of carbonyl (C=O) groups is 1. The summed E-state index contributed by atoms with van der Waals surface area (Å²) in [6.45, 7) is 0. The Morgan fingerprint density at radius 2 is 1.80 bits per heavy atom. The molecule has 0 radical (unpaired) electrons. The highest BCUT2D eigenvalue weighted by Crippen LogP contribution is 2.39. The lowest BCUT2D eigenvalue weighted by Crippen LogP contribution is -2.32. The smallest absolute Gasteiger partial charge is 0.391 e. The number of halogens is 3. The van der Waals surface area contributed by atoms with E-state index in [2.05, 4.69) is 6.07 Å². The first kappa shape index (κ1) is 17.3. The van der Waals surface area contributed by atoms with Crippen molar-refractivity contribution in [3.63, 3.8) is 0 Å². The van der Waals surface area contributed by atoms with E-state index in [4.69, 9.17) is 4.74 Å². The van der Waals surface area contributed by atoms with Gasteiger partial charge in [-0.3, -0.25) is 4.79 Å². The molecule has 0 aliphatic heterocycles. The van der Waals surface area contributed by atoms with Crippen molar-refractivity contribution in [2.75, 3.05) is 0 Å². The van der Waals surface area contributed by atoms with Gasteiger partial charge in [-0.05, 0) is 43.2 Å². The third-order valence-electron chi connectivity index (χ3n) is 4.69. The summed E-state index contributed by atoms with van der Waals surface area (Å²) < 4.78 is 44.1. The lowest BCUT2D eigenvalue weighted by Gasteiger charge is -2.30. The zero-order chi connectivity index (χ0) is 18.0. The number of aldehydes is 1. The maximum Gasteiger partial charge on any atom is 0.391 e. The molecule has 0 unspecified atom stereocenters. The summed E-state index contributed by atoms with van der Waals surface area (Å²) in [6, 6.07) is 10.6. The Morgan fingerprint density at radius 1 is 1.12 bits per heavy atom. The van der Waals surface area contributed by atoms with E-state index in [0.29, 0.717) is 41.4 Å². The Balaban J connectivity index is 1.83. The van der Waals surface area contributed by atoms with E-state index in [0.717, 1.165) is 5.39 Å². The molecule has 0 atom stereocenters. The summed E-state index contributed by atoms with van der Waals surface area (Å²) in [7, 11) is 0. The van der Waals surface area contributed by atoms with Crippen LogP contribution < -0.4 is 4.74 Å². The van der Waals surface area contributed by atoms with Crippen LogP contribution in [0.3, 0.4) is 0 Å². The van der Waals surface area contributed by atoms with E-state index in [1.807, 2.05) is 0 Å². The van der Waals surface area contributed by atoms with Crippen molar-refractivity contribution in [3.05, 3.63) is 41.5 Å². The third-order valence-corrected chi connectivity index (χ3v) is 4.69. The number of alkyl halides is 3. The highest BCUT2D eigenvalue weighted by atomic mass is 19.4. The Morgan fingerprint density at radius 3 is 2.40 bits per heavy atom. The zero-order valence-electron chi connectivity index (χ0n) is 13.3. The summed E-state index contributed by atoms with van der Waals surface area (Å²) in [6.07, 6.45) is -3.10. The second-order valence-corrected chi connectivity index (χ2v) is 6.28. The fourth-order valence-electron chi connectivity index (χ4n) is 3.29. The van der Waals surface area contributed by atoms with Gasteiger partial charge in [0.15, 0.2) is 0 Å². The van der Waals surface area contributed by atoms with Crippen molar-refractivity contribution in [2.45, 2.75) is 38.0 Å². The Kier molecular flexibility index (Phi) is 4.67. The second kappa shape index (κ2) is 6.75. The number of carbonyl (C=O) groups excluding carboxylic acids is 1. The van der Waals surface area contributed by atoms with Crippen LogP contribution in [0.4, 0.5) is 13.2 Å². The standard InChI is InChI=1S/C19H16F3NO2/c20-19(21,22)14-4-6-15(7-5-14)25-18-8-3-13-2-1-12(11-24)9-16(13)17(18)10-23/h1-3,8-9,11,14-15H,4-7H2. The van der Waals surface area contributed by atoms with Gasteiger partial charge in [-0.2, -0.15) is 18.4 Å². The Labute approximate surface area is 143 Å². The fourth-order valence-corrected chi connectivity index (χ4v) is 3.29. The molecule has 2 aromatic carbocycles. The van der Waals surface area contributed by atoms with Gasteiger partial charge in [0.25, 0.3) is 0 Å². The average Bonchev–Trinajstić information content (AvgIpc) is 2.60. The summed E-state index contributed by atoms with van der Waals surface area (Å²) >= 11 is 0. The zero-order valence-corrected chi connectivity index (χ0v) is 13.3. The molecule has 1 aliphatic rings. The monoisotopic (exact) mass is 347 g/mol. The number of hydrogen-bond acceptors (Lipinski definition) is 3. The van der Waals surface area contributed by atoms with Gasteiger partial charge in [0.05, 0.1) is 12.0 Å². The van der Waals surface area contributed by atoms with Crippen molar-refractivity contribution in [1.82, 2.24) is 0 Å². The molecule has 1 aliphatic carbocycles. The number of ether oxygens (including phenoxy) is 1. The van der Waals surface area contributed by atoms with Crippen molar-refractivity contribution in [3.8, 4) is 11.8 Å². The Bertz CT molecular complexity index is 831. The van der Waals surface area contributed by atoms with Crippen molar-refractivity contribution in [2.24, 2.45) is 5.92 Å². The highest BCUT2D eigenvalue weighted by molar-refractivity contribution is 5.94. The SMILES string of the molecule is N#Cc1c(OC2CCC(C(F)(F)F)CC2)ccc2ccc(C=O)cc12. The molecule has 0 saturated heterocycles. The van der Waals surface area contributed by atoms with E-state index in [1.165, 1.54) is 0 Å². The van der Waals surface area contributed by atoms with Gasteiger partial charge in [-0.1, -0.05) is 18.2 Å². The molecule has 0 N–H and O–H groups in total. The van der Waals surface area contributed by atoms with Crippen molar-refractivity contribution in [1.29, 1.82) is 5.26 Å². The van der Waals surface area contributed by atoms with Crippen LogP contribution in [0.1, 0.15) is 41.6 Å². The minimum absolute atomic E-state index is 0.0406. The number of nitriles is 1. The molecule has 0 amide bonds. The van der Waals surface area contributed by atoms with E-state index < -0.39 is 12.1 Å². The molecule has 6 heteroatoms. The van der Waals surface area contributed by atoms with E-state index in [-0.39, 0.29) is 18.9 Å². The molecule has 0 spiro atoms. The third kappa shape index (κ3) is 3.60. The molecule has 0 aromatic heterocycles. The van der Waals surface area contributed by atoms with Crippen molar-refractivity contribution < 1.29 is 22.7 Å². The summed E-state index contributed by atoms with van der Waals surface area (Å²) in [5.41, 5.74) is 0.756. The number of rotatable bonds is 3. The summed E-state index contributed by atoms with van der Waals surface area (Å²) in [5.74, 6) is -0.914. The molecule has 1 saturated carbocycles. The molecular formula is C19H16F3NO2. The highest BCUT2D eigenvalue weighted by Gasteiger charge is 2.41. The first-order chi connectivity index (χ1) is 11.9. The first-order valence-electron chi connectivity index (χ1n) is 8.08. The van der Waals surface area contributed by atoms with Crippen LogP contribution in [0, 0.1) is 17.2 Å². The predicted octanol–water partition coefficient (Wildman–Crippen LogP) is 5.02. The maximum absolute atomic E-state index is 12.7. The molecule has 1 fully saturated rings. The second-order valence-electron chi connectivity index (χ2n) is 6.28. The van der Waals surface area contributed by atoms with Gasteiger partial charge >= 0.3 is 6.18 Å². The molecule has 130 valence electrons. The quantitative estimate of drug-likeness (QED) is 0.732. The fraction of sp³-hybridized carbons (Fsp3) is 0.368. The molecule has 0 bridgehead atoms. The van der Waals surface area contributed by atoms with Crippen LogP contribution in [-0.2, 0) is 0 Å². The maximum atomic E-state index is 12.7. The van der Waals surface area contributed by atoms with Gasteiger partial charge < -0.3 is 4.74 Å². The van der Waals surface area contributed by atoms with Crippen LogP contribution in [0.25, 0.3) is 10.8 Å². The summed E-state index contributed by atoms with van der Waals surface area (Å²) in [5, 5.41) is 10.9. The Hall–Kier alpha value is -2.55. The molecule has 3 rings (SSSR count). The van der Waals surface area contributed by atoms with Crippen molar-refractivity contribution >= 4 is 17.1 Å². The lowest BCUT2D eigenvalue weighted by molar-refractivity contribution is -0.185. The molecular weight excluding hydrogens is 331 g/mol. The number of hydrogen-bond donors (Lipinski definition) is 0. The largest absolute Gasteiger partial charge is 0.489 e.